The maximum atomic E-state index is 12.2. The van der Waals surface area contributed by atoms with E-state index in [1.807, 2.05) is 6.92 Å². The van der Waals surface area contributed by atoms with Crippen LogP contribution >= 0.6 is 23.8 Å². The Kier molecular flexibility index (Phi) is 9.33. The lowest BCUT2D eigenvalue weighted by Gasteiger charge is -2.12. The molecule has 160 valence electrons. The van der Waals surface area contributed by atoms with Gasteiger partial charge in [0.2, 0.25) is 0 Å². The van der Waals surface area contributed by atoms with Gasteiger partial charge in [0.05, 0.1) is 6.61 Å². The topological polar surface area (TPSA) is 97.9 Å². The van der Waals surface area contributed by atoms with Crippen LogP contribution in [0.25, 0.3) is 0 Å². The molecule has 8 nitrogen and oxygen atoms in total. The van der Waals surface area contributed by atoms with Gasteiger partial charge < -0.3 is 14.2 Å². The van der Waals surface area contributed by atoms with Gasteiger partial charge in [0.15, 0.2) is 11.7 Å². The maximum absolute atomic E-state index is 12.2. The fourth-order valence-corrected chi connectivity index (χ4v) is 2.60. The van der Waals surface area contributed by atoms with Crippen molar-refractivity contribution in [2.75, 3.05) is 26.9 Å². The lowest BCUT2D eigenvalue weighted by Crippen LogP contribution is -2.49. The summed E-state index contributed by atoms with van der Waals surface area (Å²) in [7, 11) is 1.59. The Morgan fingerprint density at radius 3 is 2.43 bits per heavy atom. The molecular formula is C20H22ClN3O5S. The van der Waals surface area contributed by atoms with Crippen LogP contribution in [0.3, 0.4) is 0 Å². The number of thiocarbonyl (C=S) groups is 1. The van der Waals surface area contributed by atoms with E-state index in [0.717, 1.165) is 5.56 Å². The van der Waals surface area contributed by atoms with Gasteiger partial charge in [-0.15, -0.1) is 0 Å². The van der Waals surface area contributed by atoms with Crippen molar-refractivity contribution in [2.45, 2.75) is 6.92 Å². The lowest BCUT2D eigenvalue weighted by atomic mass is 10.2. The van der Waals surface area contributed by atoms with Crippen molar-refractivity contribution in [2.24, 2.45) is 0 Å². The summed E-state index contributed by atoms with van der Waals surface area (Å²) in [5.74, 6) is 0.254. The van der Waals surface area contributed by atoms with E-state index in [1.165, 1.54) is 0 Å². The maximum Gasteiger partial charge on any atom is 0.276 e. The molecule has 0 spiro atoms. The molecule has 2 amide bonds. The van der Waals surface area contributed by atoms with Gasteiger partial charge in [-0.25, -0.2) is 0 Å². The first kappa shape index (κ1) is 23.4. The number of methoxy groups -OCH3 is 1. The number of hydrogen-bond acceptors (Lipinski definition) is 6. The van der Waals surface area contributed by atoms with Crippen molar-refractivity contribution in [1.29, 1.82) is 0 Å². The molecule has 0 bridgehead atoms. The molecule has 0 aliphatic rings. The van der Waals surface area contributed by atoms with Gasteiger partial charge >= 0.3 is 0 Å². The summed E-state index contributed by atoms with van der Waals surface area (Å²) in [4.78, 5) is 24.1. The Hall–Kier alpha value is -2.88. The Balaban J connectivity index is 1.72. The number of halogens is 1. The first-order valence-electron chi connectivity index (χ1n) is 8.90. The molecule has 0 saturated heterocycles. The summed E-state index contributed by atoms with van der Waals surface area (Å²) < 4.78 is 15.8. The monoisotopic (exact) mass is 451 g/mol. The zero-order valence-electron chi connectivity index (χ0n) is 16.5. The Morgan fingerprint density at radius 2 is 1.77 bits per heavy atom. The Labute approximate surface area is 184 Å². The van der Waals surface area contributed by atoms with Crippen molar-refractivity contribution in [3.8, 4) is 11.5 Å². The third kappa shape index (κ3) is 7.86. The number of carbonyl (C=O) groups is 2. The molecule has 2 aromatic rings. The van der Waals surface area contributed by atoms with Gasteiger partial charge in [-0.05, 0) is 67.2 Å². The SMILES string of the molecule is COCCOc1ccc(C(=O)NC(=S)NNC(=O)COc2ccc(Cl)cc2C)cc1. The lowest BCUT2D eigenvalue weighted by molar-refractivity contribution is -0.123. The highest BCUT2D eigenvalue weighted by Crippen LogP contribution is 2.21. The van der Waals surface area contributed by atoms with Crippen LogP contribution < -0.4 is 25.6 Å². The number of ether oxygens (including phenoxy) is 3. The largest absolute Gasteiger partial charge is 0.491 e. The molecule has 30 heavy (non-hydrogen) atoms. The van der Waals surface area contributed by atoms with Gasteiger partial charge in [0, 0.05) is 17.7 Å². The van der Waals surface area contributed by atoms with Crippen LogP contribution in [-0.4, -0.2) is 43.9 Å². The second kappa shape index (κ2) is 12.0. The van der Waals surface area contributed by atoms with Crippen LogP contribution in [0.5, 0.6) is 11.5 Å². The zero-order valence-corrected chi connectivity index (χ0v) is 18.1. The van der Waals surface area contributed by atoms with E-state index in [-0.39, 0.29) is 11.7 Å². The summed E-state index contributed by atoms with van der Waals surface area (Å²) >= 11 is 10.9. The minimum Gasteiger partial charge on any atom is -0.491 e. The number of benzene rings is 2. The fraction of sp³-hybridized carbons (Fsp3) is 0.250. The number of aryl methyl sites for hydroxylation is 1. The van der Waals surface area contributed by atoms with E-state index in [9.17, 15) is 9.59 Å². The van der Waals surface area contributed by atoms with Gasteiger partial charge in [0.1, 0.15) is 18.1 Å². The van der Waals surface area contributed by atoms with Crippen molar-refractivity contribution < 1.29 is 23.8 Å². The second-order valence-electron chi connectivity index (χ2n) is 6.02. The van der Waals surface area contributed by atoms with Crippen LogP contribution in [0.15, 0.2) is 42.5 Å². The molecule has 2 rings (SSSR count). The van der Waals surface area contributed by atoms with Gasteiger partial charge in [-0.3, -0.25) is 25.8 Å². The molecule has 0 radical (unpaired) electrons. The summed E-state index contributed by atoms with van der Waals surface area (Å²) in [6.07, 6.45) is 0. The molecule has 3 N–H and O–H groups in total. The standard InChI is InChI=1S/C20H22ClN3O5S/c1-13-11-15(21)5-8-17(13)29-12-18(25)23-24-20(30)22-19(26)14-3-6-16(7-4-14)28-10-9-27-2/h3-8,11H,9-10,12H2,1-2H3,(H,23,25)(H2,22,24,26,30). The smallest absolute Gasteiger partial charge is 0.276 e. The Bertz CT molecular complexity index is 893. The normalized spacial score (nSPS) is 10.1. The minimum absolute atomic E-state index is 0.0588. The van der Waals surface area contributed by atoms with E-state index in [0.29, 0.717) is 35.3 Å². The molecule has 0 aliphatic heterocycles. The van der Waals surface area contributed by atoms with Crippen LogP contribution in [0.2, 0.25) is 5.02 Å². The number of hydrazine groups is 1. The minimum atomic E-state index is -0.474. The summed E-state index contributed by atoms with van der Waals surface area (Å²) in [6.45, 7) is 2.46. The molecular weight excluding hydrogens is 430 g/mol. The number of hydrogen-bond donors (Lipinski definition) is 3. The van der Waals surface area contributed by atoms with Gasteiger partial charge in [0.25, 0.3) is 11.8 Å². The van der Waals surface area contributed by atoms with E-state index in [1.54, 1.807) is 49.6 Å². The van der Waals surface area contributed by atoms with E-state index in [2.05, 4.69) is 16.2 Å². The Morgan fingerprint density at radius 1 is 1.03 bits per heavy atom. The predicted octanol–water partition coefficient (Wildman–Crippen LogP) is 2.39. The van der Waals surface area contributed by atoms with Crippen LogP contribution in [0, 0.1) is 6.92 Å². The molecule has 0 fully saturated rings. The van der Waals surface area contributed by atoms with Crippen molar-refractivity contribution >= 4 is 40.7 Å². The van der Waals surface area contributed by atoms with Crippen LogP contribution in [0.4, 0.5) is 0 Å². The van der Waals surface area contributed by atoms with Crippen molar-refractivity contribution in [3.05, 3.63) is 58.6 Å². The van der Waals surface area contributed by atoms with Crippen LogP contribution in [-0.2, 0) is 9.53 Å². The quantitative estimate of drug-likeness (QED) is 0.322. The first-order valence-corrected chi connectivity index (χ1v) is 9.68. The molecule has 0 saturated carbocycles. The third-order valence-corrected chi connectivity index (χ3v) is 4.15. The fourth-order valence-electron chi connectivity index (χ4n) is 2.23. The number of nitrogens with one attached hydrogen (secondary N) is 3. The molecule has 0 atom stereocenters. The third-order valence-electron chi connectivity index (χ3n) is 3.71. The molecule has 0 heterocycles. The van der Waals surface area contributed by atoms with Crippen molar-refractivity contribution in [3.63, 3.8) is 0 Å². The van der Waals surface area contributed by atoms with E-state index >= 15 is 0 Å². The number of amides is 2. The molecule has 0 aliphatic carbocycles. The highest BCUT2D eigenvalue weighted by Gasteiger charge is 2.10. The predicted molar refractivity (Wildman–Crippen MR) is 117 cm³/mol. The zero-order chi connectivity index (χ0) is 21.9. The highest BCUT2D eigenvalue weighted by atomic mass is 35.5. The summed E-state index contributed by atoms with van der Waals surface area (Å²) in [5, 5.41) is 2.99. The van der Waals surface area contributed by atoms with E-state index < -0.39 is 11.8 Å². The van der Waals surface area contributed by atoms with Crippen molar-refractivity contribution in [1.82, 2.24) is 16.2 Å². The summed E-state index contributed by atoms with van der Waals surface area (Å²) in [5.41, 5.74) is 5.99. The average molecular weight is 452 g/mol. The first-order chi connectivity index (χ1) is 14.4. The average Bonchev–Trinajstić information content (AvgIpc) is 2.72. The van der Waals surface area contributed by atoms with Crippen LogP contribution in [0.1, 0.15) is 15.9 Å². The van der Waals surface area contributed by atoms with E-state index in [4.69, 9.17) is 38.0 Å². The van der Waals surface area contributed by atoms with Gasteiger partial charge in [-0.2, -0.15) is 0 Å². The number of carbonyl (C=O) groups excluding carboxylic acids is 2. The second-order valence-corrected chi connectivity index (χ2v) is 6.87. The highest BCUT2D eigenvalue weighted by molar-refractivity contribution is 7.80. The van der Waals surface area contributed by atoms with Gasteiger partial charge in [-0.1, -0.05) is 11.6 Å². The molecule has 0 unspecified atom stereocenters. The number of rotatable bonds is 8. The summed E-state index contributed by atoms with van der Waals surface area (Å²) in [6, 6.07) is 11.6. The molecule has 0 aromatic heterocycles. The molecule has 2 aromatic carbocycles. The molecule has 10 heteroatoms.